The van der Waals surface area contributed by atoms with E-state index in [-0.39, 0.29) is 83.6 Å². The van der Waals surface area contributed by atoms with Crippen LogP contribution in [0.2, 0.25) is 0 Å². The number of aliphatic imine (C=N–C) groups is 1. The van der Waals surface area contributed by atoms with Gasteiger partial charge in [-0.25, -0.2) is 9.59 Å². The predicted molar refractivity (Wildman–Crippen MR) is 251 cm³/mol. The number of unbranched alkanes of at least 4 members (excludes halogenated alkanes) is 1. The second-order valence-electron chi connectivity index (χ2n) is 16.8. The first-order valence-corrected chi connectivity index (χ1v) is 23.5. The number of aliphatic hydroxyl groups excluding tert-OH is 1. The lowest BCUT2D eigenvalue weighted by atomic mass is 9.87. The summed E-state index contributed by atoms with van der Waals surface area (Å²) in [5.74, 6) is -0.930. The van der Waals surface area contributed by atoms with E-state index in [4.69, 9.17) is 34.2 Å². The highest BCUT2D eigenvalue weighted by atomic mass is 32.2. The van der Waals surface area contributed by atoms with Gasteiger partial charge in [-0.2, -0.15) is 11.8 Å². The Morgan fingerprint density at radius 3 is 2.45 bits per heavy atom. The second kappa shape index (κ2) is 27.8. The number of carbonyl (C=O) groups is 4. The molecule has 2 bridgehead atoms. The molecular formula is C46H70N6O13S. The van der Waals surface area contributed by atoms with Crippen LogP contribution in [0, 0.1) is 11.8 Å². The first kappa shape index (κ1) is 53.9. The van der Waals surface area contributed by atoms with Crippen LogP contribution in [0.1, 0.15) is 65.4 Å². The molecule has 0 unspecified atom stereocenters. The maximum absolute atomic E-state index is 13.3. The van der Waals surface area contributed by atoms with Crippen LogP contribution in [0.3, 0.4) is 0 Å². The number of fused-ring (bicyclic) bond motifs is 3. The summed E-state index contributed by atoms with van der Waals surface area (Å²) in [4.78, 5) is 53.4. The first-order chi connectivity index (χ1) is 31.6. The van der Waals surface area contributed by atoms with Crippen molar-refractivity contribution in [2.75, 3.05) is 71.5 Å². The van der Waals surface area contributed by atoms with Gasteiger partial charge in [0.05, 0.1) is 69.6 Å². The molecule has 66 heavy (non-hydrogen) atoms. The summed E-state index contributed by atoms with van der Waals surface area (Å²) < 4.78 is 33.6. The molecule has 368 valence electrons. The molecule has 0 aliphatic carbocycles. The Bertz CT molecular complexity index is 1900. The van der Waals surface area contributed by atoms with Gasteiger partial charge in [0, 0.05) is 67.5 Å². The number of primary amides is 1. The summed E-state index contributed by atoms with van der Waals surface area (Å²) in [5, 5.41) is 46.1. The lowest BCUT2D eigenvalue weighted by molar-refractivity contribution is -0.121. The van der Waals surface area contributed by atoms with Crippen molar-refractivity contribution in [3.63, 3.8) is 0 Å². The van der Waals surface area contributed by atoms with Crippen LogP contribution in [0.25, 0.3) is 0 Å². The molecule has 1 aromatic carbocycles. The fraction of sp³-hybridized carbons (Fsp3) is 0.630. The molecule has 5 amide bonds. The Hall–Kier alpha value is -4.70. The first-order valence-electron chi connectivity index (χ1n) is 22.5. The molecule has 0 spiro atoms. The Labute approximate surface area is 391 Å². The standard InChI is InChI=1S/C46H70N6O13S/c1-27-22-31-39(49-15-17-63-19-21-64-20-18-62-16-14-48-38(54)13-8-7-12-37-40-33(26-66-37)51-46(59)52-40)34(53)25-32(42(31)56)50-44(57)28(2)10-9-11-35(60-5)43(65-45(47)58)30(4)24-29(3)41(55)36(23-27)61-6/h9-11,15,24-25,27,29,33,35-37,40-41,43,53,55-56H,7-8,12-14,16-23,26H2,1-6H3,(H2,47,58)(H,48,54)(H,50,57)(H2,51,52,59)/t27-,29+,33+,35+,36+,37+,40+,41-,43+/m1/s1. The third-order valence-electron chi connectivity index (χ3n) is 11.6. The molecule has 3 heterocycles. The summed E-state index contributed by atoms with van der Waals surface area (Å²) in [6, 6.07) is 1.52. The summed E-state index contributed by atoms with van der Waals surface area (Å²) in [6.45, 7) is 9.07. The van der Waals surface area contributed by atoms with E-state index < -0.39 is 42.3 Å². The molecule has 3 aliphatic rings. The molecule has 20 heteroatoms. The molecule has 0 aromatic heterocycles. The monoisotopic (exact) mass is 946 g/mol. The minimum absolute atomic E-state index is 0.0112. The number of hydrogen-bond acceptors (Lipinski definition) is 15. The van der Waals surface area contributed by atoms with Crippen LogP contribution < -0.4 is 27.0 Å². The number of urea groups is 1. The van der Waals surface area contributed by atoms with Crippen molar-refractivity contribution in [1.29, 1.82) is 0 Å². The number of ether oxygens (including phenoxy) is 6. The van der Waals surface area contributed by atoms with Crippen LogP contribution in [0.5, 0.6) is 11.5 Å². The van der Waals surface area contributed by atoms with Crippen LogP contribution >= 0.6 is 11.8 Å². The fourth-order valence-electron chi connectivity index (χ4n) is 8.07. The number of amides is 5. The van der Waals surface area contributed by atoms with Crippen LogP contribution in [0.4, 0.5) is 21.0 Å². The molecule has 0 radical (unpaired) electrons. The smallest absolute Gasteiger partial charge is 0.405 e. The average molecular weight is 947 g/mol. The highest BCUT2D eigenvalue weighted by Gasteiger charge is 2.42. The molecule has 2 fully saturated rings. The molecular weight excluding hydrogens is 877 g/mol. The number of nitrogens with zero attached hydrogens (tertiary/aromatic N) is 1. The number of phenols is 2. The number of aromatic hydroxyl groups is 2. The number of benzene rings is 1. The van der Waals surface area contributed by atoms with Crippen LogP contribution in [-0.4, -0.2) is 153 Å². The maximum atomic E-state index is 13.3. The van der Waals surface area contributed by atoms with Gasteiger partial charge in [0.2, 0.25) is 5.91 Å². The van der Waals surface area contributed by atoms with Gasteiger partial charge in [0.15, 0.2) is 6.10 Å². The topological polar surface area (TPSA) is 271 Å². The van der Waals surface area contributed by atoms with E-state index in [0.717, 1.165) is 25.0 Å². The average Bonchev–Trinajstić information content (AvgIpc) is 3.84. The highest BCUT2D eigenvalue weighted by molar-refractivity contribution is 8.00. The number of thioether (sulfide) groups is 1. The number of rotatable bonds is 20. The van der Waals surface area contributed by atoms with E-state index in [0.29, 0.717) is 56.6 Å². The third-order valence-corrected chi connectivity index (χ3v) is 13.1. The number of nitrogens with one attached hydrogen (secondary N) is 4. The number of anilines is 1. The summed E-state index contributed by atoms with van der Waals surface area (Å²) in [5.41, 5.74) is 6.55. The van der Waals surface area contributed by atoms with Gasteiger partial charge in [-0.05, 0) is 51.0 Å². The Kier molecular flexibility index (Phi) is 22.7. The minimum atomic E-state index is -1.01. The van der Waals surface area contributed by atoms with E-state index in [1.54, 1.807) is 39.0 Å². The van der Waals surface area contributed by atoms with E-state index in [1.165, 1.54) is 32.6 Å². The molecule has 9 N–H and O–H groups in total. The van der Waals surface area contributed by atoms with E-state index >= 15 is 0 Å². The molecule has 9 atom stereocenters. The van der Waals surface area contributed by atoms with Crippen molar-refractivity contribution in [3.8, 4) is 11.5 Å². The molecule has 2 saturated heterocycles. The van der Waals surface area contributed by atoms with Crippen molar-refractivity contribution in [2.24, 2.45) is 22.6 Å². The number of methoxy groups -OCH3 is 2. The quantitative estimate of drug-likeness (QED) is 0.0228. The number of nitrogens with two attached hydrogens (primary N) is 1. The minimum Gasteiger partial charge on any atom is -0.506 e. The lowest BCUT2D eigenvalue weighted by Crippen LogP contribution is -2.37. The van der Waals surface area contributed by atoms with E-state index in [2.05, 4.69) is 26.3 Å². The van der Waals surface area contributed by atoms with Gasteiger partial charge in [0.1, 0.15) is 23.3 Å². The van der Waals surface area contributed by atoms with Gasteiger partial charge in [0.25, 0.3) is 5.91 Å². The normalized spacial score (nSPS) is 26.3. The zero-order valence-electron chi connectivity index (χ0n) is 38.9. The number of carbonyl (C=O) groups excluding carboxylic acids is 4. The summed E-state index contributed by atoms with van der Waals surface area (Å²) in [7, 11) is 2.92. The van der Waals surface area contributed by atoms with Crippen molar-refractivity contribution >= 4 is 53.3 Å². The highest BCUT2D eigenvalue weighted by Crippen LogP contribution is 2.44. The summed E-state index contributed by atoms with van der Waals surface area (Å²) >= 11 is 1.87. The van der Waals surface area contributed by atoms with E-state index in [9.17, 15) is 34.5 Å². The molecule has 1 aromatic rings. The second-order valence-corrected chi connectivity index (χ2v) is 18.0. The van der Waals surface area contributed by atoms with Gasteiger partial charge in [-0.15, -0.1) is 0 Å². The lowest BCUT2D eigenvalue weighted by Gasteiger charge is -2.29. The van der Waals surface area contributed by atoms with Crippen molar-refractivity contribution in [2.45, 2.75) is 108 Å². The molecule has 19 nitrogen and oxygen atoms in total. The Morgan fingerprint density at radius 1 is 1.02 bits per heavy atom. The Morgan fingerprint density at radius 2 is 1.74 bits per heavy atom. The van der Waals surface area contributed by atoms with Crippen molar-refractivity contribution in [3.05, 3.63) is 47.1 Å². The van der Waals surface area contributed by atoms with Crippen molar-refractivity contribution < 1.29 is 62.9 Å². The van der Waals surface area contributed by atoms with Gasteiger partial charge in [-0.3, -0.25) is 14.6 Å². The van der Waals surface area contributed by atoms with Crippen LogP contribution in [-0.2, 0) is 44.4 Å². The fourth-order valence-corrected chi connectivity index (χ4v) is 9.61. The molecule has 0 saturated carbocycles. The zero-order valence-corrected chi connectivity index (χ0v) is 39.7. The third kappa shape index (κ3) is 16.9. The maximum Gasteiger partial charge on any atom is 0.405 e. The van der Waals surface area contributed by atoms with Crippen molar-refractivity contribution in [1.82, 2.24) is 16.0 Å². The number of allylic oxidation sites excluding steroid dienone is 2. The largest absolute Gasteiger partial charge is 0.506 e. The van der Waals surface area contributed by atoms with Gasteiger partial charge >= 0.3 is 12.1 Å². The van der Waals surface area contributed by atoms with E-state index in [1.807, 2.05) is 18.7 Å². The van der Waals surface area contributed by atoms with Gasteiger partial charge < -0.3 is 70.7 Å². The zero-order chi connectivity index (χ0) is 48.2. The number of aliphatic hydroxyl groups is 1. The summed E-state index contributed by atoms with van der Waals surface area (Å²) in [6.07, 6.45) is 7.12. The SMILES string of the molecule is CO[C@H]1C=CC=C(C)C(=O)Nc2cc(O)c(N=CCOCCOCCOCCNC(=O)CCCC[C@@H]3SC[C@@H]4NC(=O)N[C@@H]43)c(c2O)C[C@@H](C)C[C@H](OC)[C@H](O)[C@@H](C)C=C(C)[C@@H]1OC(N)=O. The van der Waals surface area contributed by atoms with Crippen LogP contribution in [0.15, 0.2) is 46.5 Å². The number of hydrogen-bond donors (Lipinski definition) is 8. The molecule has 3 aliphatic heterocycles. The van der Waals surface area contributed by atoms with Gasteiger partial charge in [-0.1, -0.05) is 44.6 Å². The predicted octanol–water partition coefficient (Wildman–Crippen LogP) is 4.15. The number of phenolic OH excluding ortho intramolecular Hbond substituents is 2. The Balaban J connectivity index is 1.26. The molecule has 4 rings (SSSR count).